The Morgan fingerprint density at radius 1 is 1.50 bits per heavy atom. The second-order valence-electron chi connectivity index (χ2n) is 3.72. The average Bonchev–Trinajstić information content (AvgIpc) is 2.65. The number of aryl methyl sites for hydroxylation is 1. The molecule has 0 aliphatic carbocycles. The van der Waals surface area contributed by atoms with Crippen molar-refractivity contribution < 1.29 is 0 Å². The molecule has 2 N–H and O–H groups in total. The van der Waals surface area contributed by atoms with Crippen LogP contribution in [-0.4, -0.2) is 4.98 Å². The van der Waals surface area contributed by atoms with Crippen molar-refractivity contribution >= 4 is 22.9 Å². The van der Waals surface area contributed by atoms with Crippen molar-refractivity contribution in [2.45, 2.75) is 19.4 Å². The molecule has 1 aromatic carbocycles. The van der Waals surface area contributed by atoms with Gasteiger partial charge in [-0.2, -0.15) is 0 Å². The molecule has 2 nitrogen and oxygen atoms in total. The number of nitrogens with two attached hydrogens (primary N) is 1. The van der Waals surface area contributed by atoms with Crippen molar-refractivity contribution in [2.75, 3.05) is 0 Å². The maximum atomic E-state index is 6.12. The van der Waals surface area contributed by atoms with Gasteiger partial charge in [-0.15, -0.1) is 11.3 Å². The topological polar surface area (TPSA) is 38.9 Å². The molecule has 0 radical (unpaired) electrons. The second-order valence-corrected chi connectivity index (χ2v) is 5.42. The van der Waals surface area contributed by atoms with E-state index in [0.29, 0.717) is 0 Å². The van der Waals surface area contributed by atoms with Gasteiger partial charge in [0.05, 0.1) is 5.01 Å². The van der Waals surface area contributed by atoms with Gasteiger partial charge in [0.1, 0.15) is 0 Å². The average molecular weight is 253 g/mol. The number of hydrogen-bond donors (Lipinski definition) is 1. The molecule has 1 unspecified atom stereocenters. The van der Waals surface area contributed by atoms with Crippen molar-refractivity contribution in [1.82, 2.24) is 4.98 Å². The molecule has 0 saturated heterocycles. The zero-order chi connectivity index (χ0) is 11.5. The predicted molar refractivity (Wildman–Crippen MR) is 68.9 cm³/mol. The lowest BCUT2D eigenvalue weighted by molar-refractivity contribution is 0.734. The monoisotopic (exact) mass is 252 g/mol. The summed E-state index contributed by atoms with van der Waals surface area (Å²) >= 11 is 7.58. The van der Waals surface area contributed by atoms with E-state index in [9.17, 15) is 0 Å². The molecular weight excluding hydrogens is 240 g/mol. The Hall–Kier alpha value is -0.900. The molecule has 1 heterocycles. The van der Waals surface area contributed by atoms with Gasteiger partial charge in [0, 0.05) is 22.1 Å². The first-order chi connectivity index (χ1) is 7.65. The number of thiazole rings is 1. The van der Waals surface area contributed by atoms with Crippen LogP contribution in [0, 0.1) is 6.92 Å². The number of nitrogens with zero attached hydrogens (tertiary/aromatic N) is 1. The van der Waals surface area contributed by atoms with E-state index in [4.69, 9.17) is 17.3 Å². The minimum absolute atomic E-state index is 0.00432. The van der Waals surface area contributed by atoms with Crippen LogP contribution in [0.25, 0.3) is 0 Å². The number of benzene rings is 1. The van der Waals surface area contributed by atoms with Gasteiger partial charge >= 0.3 is 0 Å². The van der Waals surface area contributed by atoms with Crippen LogP contribution in [0.1, 0.15) is 21.5 Å². The van der Waals surface area contributed by atoms with E-state index in [2.05, 4.69) is 4.98 Å². The van der Waals surface area contributed by atoms with Gasteiger partial charge in [0.15, 0.2) is 0 Å². The SMILES string of the molecule is Cc1ncc(C(N)Cc2cccc(Cl)c2)s1. The van der Waals surface area contributed by atoms with Crippen molar-refractivity contribution in [3.05, 3.63) is 50.9 Å². The van der Waals surface area contributed by atoms with Crippen molar-refractivity contribution in [3.8, 4) is 0 Å². The van der Waals surface area contributed by atoms with Crippen LogP contribution in [0.15, 0.2) is 30.5 Å². The Kier molecular flexibility index (Phi) is 3.59. The lowest BCUT2D eigenvalue weighted by Gasteiger charge is -2.09. The summed E-state index contributed by atoms with van der Waals surface area (Å²) in [5.74, 6) is 0. The van der Waals surface area contributed by atoms with Crippen LogP contribution in [0.4, 0.5) is 0 Å². The summed E-state index contributed by atoms with van der Waals surface area (Å²) in [5, 5.41) is 1.81. The van der Waals surface area contributed by atoms with Gasteiger partial charge in [-0.05, 0) is 31.0 Å². The lowest BCUT2D eigenvalue weighted by Crippen LogP contribution is -2.11. The van der Waals surface area contributed by atoms with Gasteiger partial charge in [-0.25, -0.2) is 4.98 Å². The van der Waals surface area contributed by atoms with E-state index in [0.717, 1.165) is 26.9 Å². The quantitative estimate of drug-likeness (QED) is 0.910. The van der Waals surface area contributed by atoms with E-state index >= 15 is 0 Å². The number of rotatable bonds is 3. The maximum Gasteiger partial charge on any atom is 0.0897 e. The third kappa shape index (κ3) is 2.82. The molecule has 0 amide bonds. The van der Waals surface area contributed by atoms with E-state index in [1.165, 1.54) is 0 Å². The number of aromatic nitrogens is 1. The Bertz CT molecular complexity index is 481. The summed E-state index contributed by atoms with van der Waals surface area (Å²) in [6, 6.07) is 7.81. The zero-order valence-electron chi connectivity index (χ0n) is 8.98. The first kappa shape index (κ1) is 11.6. The molecule has 1 atom stereocenters. The molecule has 2 rings (SSSR count). The fraction of sp³-hybridized carbons (Fsp3) is 0.250. The largest absolute Gasteiger partial charge is 0.323 e. The molecular formula is C12H13ClN2S. The summed E-state index contributed by atoms with van der Waals surface area (Å²) in [6.45, 7) is 1.99. The minimum atomic E-state index is 0.00432. The van der Waals surface area contributed by atoms with Crippen molar-refractivity contribution in [1.29, 1.82) is 0 Å². The standard InChI is InChI=1S/C12H13ClN2S/c1-8-15-7-12(16-8)11(14)6-9-3-2-4-10(13)5-9/h2-5,7,11H,6,14H2,1H3. The van der Waals surface area contributed by atoms with Crippen LogP contribution in [0.2, 0.25) is 5.02 Å². The number of halogens is 1. The van der Waals surface area contributed by atoms with Gasteiger partial charge in [-0.3, -0.25) is 0 Å². The molecule has 0 bridgehead atoms. The van der Waals surface area contributed by atoms with Crippen LogP contribution in [0.3, 0.4) is 0 Å². The maximum absolute atomic E-state index is 6.12. The molecule has 2 aromatic rings. The highest BCUT2D eigenvalue weighted by Crippen LogP contribution is 2.22. The highest BCUT2D eigenvalue weighted by atomic mass is 35.5. The lowest BCUT2D eigenvalue weighted by atomic mass is 10.1. The molecule has 4 heteroatoms. The van der Waals surface area contributed by atoms with Crippen molar-refractivity contribution in [3.63, 3.8) is 0 Å². The van der Waals surface area contributed by atoms with Gasteiger partial charge in [0.2, 0.25) is 0 Å². The van der Waals surface area contributed by atoms with Gasteiger partial charge in [-0.1, -0.05) is 23.7 Å². The van der Waals surface area contributed by atoms with E-state index in [1.807, 2.05) is 37.4 Å². The van der Waals surface area contributed by atoms with E-state index < -0.39 is 0 Å². The summed E-state index contributed by atoms with van der Waals surface area (Å²) in [6.07, 6.45) is 2.65. The molecule has 0 spiro atoms. The van der Waals surface area contributed by atoms with Gasteiger partial charge < -0.3 is 5.73 Å². The van der Waals surface area contributed by atoms with Crippen LogP contribution < -0.4 is 5.73 Å². The van der Waals surface area contributed by atoms with Gasteiger partial charge in [0.25, 0.3) is 0 Å². The van der Waals surface area contributed by atoms with E-state index in [-0.39, 0.29) is 6.04 Å². The van der Waals surface area contributed by atoms with Crippen LogP contribution in [0.5, 0.6) is 0 Å². The molecule has 0 aliphatic heterocycles. The highest BCUT2D eigenvalue weighted by molar-refractivity contribution is 7.11. The van der Waals surface area contributed by atoms with Crippen LogP contribution >= 0.6 is 22.9 Å². The molecule has 0 saturated carbocycles. The zero-order valence-corrected chi connectivity index (χ0v) is 10.6. The van der Waals surface area contributed by atoms with Crippen LogP contribution in [-0.2, 0) is 6.42 Å². The summed E-state index contributed by atoms with van der Waals surface area (Å²) < 4.78 is 0. The third-order valence-electron chi connectivity index (χ3n) is 2.35. The minimum Gasteiger partial charge on any atom is -0.323 e. The molecule has 1 aromatic heterocycles. The smallest absolute Gasteiger partial charge is 0.0897 e. The third-order valence-corrected chi connectivity index (χ3v) is 3.63. The fourth-order valence-corrected chi connectivity index (χ4v) is 2.57. The second kappa shape index (κ2) is 4.95. The first-order valence-corrected chi connectivity index (χ1v) is 6.27. The summed E-state index contributed by atoms with van der Waals surface area (Å²) in [5.41, 5.74) is 7.28. The molecule has 0 aliphatic rings. The fourth-order valence-electron chi connectivity index (χ4n) is 1.57. The van der Waals surface area contributed by atoms with E-state index in [1.54, 1.807) is 11.3 Å². The highest BCUT2D eigenvalue weighted by Gasteiger charge is 2.10. The number of hydrogen-bond acceptors (Lipinski definition) is 3. The Morgan fingerprint density at radius 3 is 2.94 bits per heavy atom. The summed E-state index contributed by atoms with van der Waals surface area (Å²) in [4.78, 5) is 5.33. The predicted octanol–water partition coefficient (Wildman–Crippen LogP) is 3.35. The first-order valence-electron chi connectivity index (χ1n) is 5.07. The summed E-state index contributed by atoms with van der Waals surface area (Å²) in [7, 11) is 0. The molecule has 16 heavy (non-hydrogen) atoms. The molecule has 0 fully saturated rings. The Balaban J connectivity index is 2.10. The molecule has 84 valence electrons. The normalized spacial score (nSPS) is 12.7. The Morgan fingerprint density at radius 2 is 2.31 bits per heavy atom. The van der Waals surface area contributed by atoms with Crippen molar-refractivity contribution in [2.24, 2.45) is 5.73 Å². The Labute approximate surface area is 104 Å².